The second kappa shape index (κ2) is 7.12. The highest BCUT2D eigenvalue weighted by molar-refractivity contribution is 9.10. The molecule has 3 heteroatoms. The number of benzene rings is 2. The quantitative estimate of drug-likeness (QED) is 0.463. The molecule has 110 valence electrons. The van der Waals surface area contributed by atoms with Crippen LogP contribution in [-0.4, -0.2) is 0 Å². The maximum absolute atomic E-state index is 5.62. The van der Waals surface area contributed by atoms with E-state index in [0.29, 0.717) is 0 Å². The fourth-order valence-corrected chi connectivity index (χ4v) is 2.82. The fraction of sp³-hybridized carbons (Fsp3) is 0.0526. The van der Waals surface area contributed by atoms with Gasteiger partial charge in [0.2, 0.25) is 0 Å². The van der Waals surface area contributed by atoms with Crippen LogP contribution in [0.1, 0.15) is 22.8 Å². The minimum atomic E-state index is 0.103. The van der Waals surface area contributed by atoms with E-state index < -0.39 is 0 Å². The summed E-state index contributed by atoms with van der Waals surface area (Å²) < 4.78 is 7.78. The predicted octanol–water partition coefficient (Wildman–Crippen LogP) is 6.65. The van der Waals surface area contributed by atoms with Crippen LogP contribution in [-0.2, 0) is 0 Å². The van der Waals surface area contributed by atoms with Gasteiger partial charge in [-0.2, -0.15) is 0 Å². The van der Waals surface area contributed by atoms with E-state index in [0.717, 1.165) is 20.3 Å². The standard InChI is InChI=1S/C19H14Br2O/c20-16-8-3-14(4-9-16)5-12-18(19-2-1-13-22-19)15-6-10-17(21)11-7-15/h1-13,18H/b12-5+. The van der Waals surface area contributed by atoms with Crippen molar-refractivity contribution in [2.24, 2.45) is 0 Å². The number of halogens is 2. The first-order valence-corrected chi connectivity index (χ1v) is 8.53. The van der Waals surface area contributed by atoms with Crippen molar-refractivity contribution >= 4 is 37.9 Å². The highest BCUT2D eigenvalue weighted by Crippen LogP contribution is 2.28. The van der Waals surface area contributed by atoms with E-state index in [-0.39, 0.29) is 5.92 Å². The van der Waals surface area contributed by atoms with Crippen molar-refractivity contribution in [1.29, 1.82) is 0 Å². The first-order chi connectivity index (χ1) is 10.7. The molecule has 2 aromatic carbocycles. The molecule has 0 amide bonds. The summed E-state index contributed by atoms with van der Waals surface area (Å²) in [6, 6.07) is 20.5. The molecular weight excluding hydrogens is 404 g/mol. The van der Waals surface area contributed by atoms with Crippen molar-refractivity contribution in [2.75, 3.05) is 0 Å². The summed E-state index contributed by atoms with van der Waals surface area (Å²) in [6.45, 7) is 0. The van der Waals surface area contributed by atoms with Gasteiger partial charge in [0.05, 0.1) is 12.2 Å². The number of rotatable bonds is 4. The summed E-state index contributed by atoms with van der Waals surface area (Å²) in [7, 11) is 0. The lowest BCUT2D eigenvalue weighted by atomic mass is 9.95. The molecule has 1 unspecified atom stereocenters. The fourth-order valence-electron chi connectivity index (χ4n) is 2.29. The molecule has 0 fully saturated rings. The molecular formula is C19H14Br2O. The summed E-state index contributed by atoms with van der Waals surface area (Å²) in [4.78, 5) is 0. The maximum Gasteiger partial charge on any atom is 0.115 e. The van der Waals surface area contributed by atoms with Crippen molar-refractivity contribution in [2.45, 2.75) is 5.92 Å². The Morgan fingerprint density at radius 1 is 0.818 bits per heavy atom. The number of furan rings is 1. The Morgan fingerprint density at radius 3 is 2.05 bits per heavy atom. The summed E-state index contributed by atoms with van der Waals surface area (Å²) in [5.41, 5.74) is 2.36. The molecule has 3 rings (SSSR count). The van der Waals surface area contributed by atoms with Gasteiger partial charge in [-0.3, -0.25) is 0 Å². The van der Waals surface area contributed by atoms with Gasteiger partial charge < -0.3 is 4.42 Å². The number of allylic oxidation sites excluding steroid dienone is 1. The van der Waals surface area contributed by atoms with Crippen molar-refractivity contribution in [3.05, 3.63) is 98.8 Å². The van der Waals surface area contributed by atoms with Gasteiger partial charge in [-0.25, -0.2) is 0 Å². The van der Waals surface area contributed by atoms with Crippen LogP contribution in [0.25, 0.3) is 6.08 Å². The van der Waals surface area contributed by atoms with Gasteiger partial charge >= 0.3 is 0 Å². The normalized spacial score (nSPS) is 12.6. The number of hydrogen-bond acceptors (Lipinski definition) is 1. The summed E-state index contributed by atoms with van der Waals surface area (Å²) >= 11 is 6.94. The Labute approximate surface area is 146 Å². The Balaban J connectivity index is 1.92. The molecule has 0 radical (unpaired) electrons. The van der Waals surface area contributed by atoms with Gasteiger partial charge in [0.25, 0.3) is 0 Å². The van der Waals surface area contributed by atoms with E-state index >= 15 is 0 Å². The second-order valence-corrected chi connectivity index (χ2v) is 6.79. The number of hydrogen-bond donors (Lipinski definition) is 0. The van der Waals surface area contributed by atoms with Crippen molar-refractivity contribution in [3.63, 3.8) is 0 Å². The van der Waals surface area contributed by atoms with E-state index in [4.69, 9.17) is 4.42 Å². The Kier molecular flexibility index (Phi) is 4.96. The van der Waals surface area contributed by atoms with Crippen LogP contribution in [0.4, 0.5) is 0 Å². The molecule has 22 heavy (non-hydrogen) atoms. The van der Waals surface area contributed by atoms with Crippen molar-refractivity contribution in [1.82, 2.24) is 0 Å². The van der Waals surface area contributed by atoms with E-state index in [1.807, 2.05) is 24.3 Å². The van der Waals surface area contributed by atoms with Gasteiger partial charge in [0.15, 0.2) is 0 Å². The Morgan fingerprint density at radius 2 is 1.45 bits per heavy atom. The van der Waals surface area contributed by atoms with Crippen molar-refractivity contribution in [3.8, 4) is 0 Å². The van der Waals surface area contributed by atoms with E-state index in [1.54, 1.807) is 6.26 Å². The lowest BCUT2D eigenvalue weighted by Crippen LogP contribution is -1.95. The molecule has 0 aliphatic carbocycles. The maximum atomic E-state index is 5.62. The monoisotopic (exact) mass is 416 g/mol. The topological polar surface area (TPSA) is 13.1 Å². The van der Waals surface area contributed by atoms with E-state index in [2.05, 4.69) is 80.4 Å². The Hall–Kier alpha value is -1.58. The van der Waals surface area contributed by atoms with Crippen LogP contribution in [0.2, 0.25) is 0 Å². The highest BCUT2D eigenvalue weighted by Gasteiger charge is 2.13. The van der Waals surface area contributed by atoms with Crippen LogP contribution in [0.5, 0.6) is 0 Å². The average Bonchev–Trinajstić information content (AvgIpc) is 3.05. The molecule has 0 aliphatic heterocycles. The predicted molar refractivity (Wildman–Crippen MR) is 97.9 cm³/mol. The van der Waals surface area contributed by atoms with Gasteiger partial charge in [0.1, 0.15) is 5.76 Å². The zero-order chi connectivity index (χ0) is 15.4. The SMILES string of the molecule is Brc1ccc(/C=C/C(c2ccc(Br)cc2)c2ccco2)cc1. The van der Waals surface area contributed by atoms with Gasteiger partial charge in [-0.1, -0.05) is 68.3 Å². The second-order valence-electron chi connectivity index (χ2n) is 4.96. The van der Waals surface area contributed by atoms with Crippen LogP contribution < -0.4 is 0 Å². The summed E-state index contributed by atoms with van der Waals surface area (Å²) in [6.07, 6.45) is 6.02. The first kappa shape index (κ1) is 15.3. The zero-order valence-corrected chi connectivity index (χ0v) is 14.9. The van der Waals surface area contributed by atoms with Gasteiger partial charge in [-0.15, -0.1) is 0 Å². The van der Waals surface area contributed by atoms with E-state index in [9.17, 15) is 0 Å². The lowest BCUT2D eigenvalue weighted by Gasteiger charge is -2.11. The van der Waals surface area contributed by atoms with Crippen LogP contribution in [0.15, 0.2) is 86.4 Å². The molecule has 0 aliphatic rings. The molecule has 0 bridgehead atoms. The molecule has 0 N–H and O–H groups in total. The van der Waals surface area contributed by atoms with Crippen LogP contribution in [0, 0.1) is 0 Å². The van der Waals surface area contributed by atoms with Gasteiger partial charge in [0, 0.05) is 8.95 Å². The smallest absolute Gasteiger partial charge is 0.115 e. The molecule has 1 nitrogen and oxygen atoms in total. The van der Waals surface area contributed by atoms with Crippen LogP contribution >= 0.6 is 31.9 Å². The third-order valence-corrected chi connectivity index (χ3v) is 4.49. The third kappa shape index (κ3) is 3.79. The zero-order valence-electron chi connectivity index (χ0n) is 11.7. The lowest BCUT2D eigenvalue weighted by molar-refractivity contribution is 0.507. The minimum Gasteiger partial charge on any atom is -0.468 e. The highest BCUT2D eigenvalue weighted by atomic mass is 79.9. The molecule has 1 heterocycles. The molecule has 0 saturated carbocycles. The van der Waals surface area contributed by atoms with Crippen molar-refractivity contribution < 1.29 is 4.42 Å². The van der Waals surface area contributed by atoms with Gasteiger partial charge in [-0.05, 0) is 47.5 Å². The molecule has 0 spiro atoms. The summed E-state index contributed by atoms with van der Waals surface area (Å²) in [5, 5.41) is 0. The van der Waals surface area contributed by atoms with E-state index in [1.165, 1.54) is 5.56 Å². The third-order valence-electron chi connectivity index (χ3n) is 3.43. The molecule has 3 aromatic rings. The largest absolute Gasteiger partial charge is 0.468 e. The van der Waals surface area contributed by atoms with Crippen LogP contribution in [0.3, 0.4) is 0 Å². The molecule has 0 saturated heterocycles. The summed E-state index contributed by atoms with van der Waals surface area (Å²) in [5.74, 6) is 1.04. The minimum absolute atomic E-state index is 0.103. The average molecular weight is 418 g/mol. The molecule has 1 atom stereocenters. The Bertz CT molecular complexity index is 741. The molecule has 1 aromatic heterocycles. The first-order valence-electron chi connectivity index (χ1n) is 6.95.